The lowest BCUT2D eigenvalue weighted by molar-refractivity contribution is 0.0293. The van der Waals surface area contributed by atoms with E-state index in [0.717, 1.165) is 23.6 Å². The van der Waals surface area contributed by atoms with E-state index >= 15 is 0 Å². The largest absolute Gasteiger partial charge is 0.444 e. The molecule has 1 aliphatic rings. The van der Waals surface area contributed by atoms with Gasteiger partial charge in [-0.1, -0.05) is 0 Å². The Morgan fingerprint density at radius 2 is 2.07 bits per heavy atom. The zero-order valence-corrected chi connectivity index (χ0v) is 17.6. The molecule has 1 fully saturated rings. The van der Waals surface area contributed by atoms with E-state index in [9.17, 15) is 4.79 Å². The molecular formula is C20H30N6O2. The molecule has 8 heteroatoms. The van der Waals surface area contributed by atoms with Crippen LogP contribution in [0.2, 0.25) is 0 Å². The van der Waals surface area contributed by atoms with Crippen LogP contribution >= 0.6 is 0 Å². The van der Waals surface area contributed by atoms with Gasteiger partial charge in [-0.2, -0.15) is 0 Å². The van der Waals surface area contributed by atoms with Crippen molar-refractivity contribution < 1.29 is 9.53 Å². The Balaban J connectivity index is 1.69. The minimum Gasteiger partial charge on any atom is -0.444 e. The van der Waals surface area contributed by atoms with Crippen LogP contribution in [0.15, 0.2) is 18.5 Å². The number of carbonyl (C=O) groups excluding carboxylic acids is 1. The number of likely N-dealkylation sites (tertiary alicyclic amines) is 1. The highest BCUT2D eigenvalue weighted by Crippen LogP contribution is 2.24. The maximum atomic E-state index is 12.2. The minimum absolute atomic E-state index is 0.0968. The number of aryl methyl sites for hydroxylation is 1. The summed E-state index contributed by atoms with van der Waals surface area (Å²) in [6, 6.07) is 2.28. The molecule has 3 heterocycles. The predicted molar refractivity (Wildman–Crippen MR) is 108 cm³/mol. The molecule has 1 unspecified atom stereocenters. The summed E-state index contributed by atoms with van der Waals surface area (Å²) in [5, 5.41) is 3.35. The zero-order valence-electron chi connectivity index (χ0n) is 17.6. The molecule has 0 aliphatic carbocycles. The van der Waals surface area contributed by atoms with Crippen LogP contribution in [0.5, 0.6) is 0 Å². The number of anilines is 1. The fourth-order valence-electron chi connectivity index (χ4n) is 3.42. The number of ether oxygens (including phenoxy) is 1. The van der Waals surface area contributed by atoms with Crippen LogP contribution < -0.4 is 5.32 Å². The first-order chi connectivity index (χ1) is 13.1. The Bertz CT molecular complexity index is 839. The highest BCUT2D eigenvalue weighted by atomic mass is 16.6. The summed E-state index contributed by atoms with van der Waals surface area (Å²) in [5.41, 5.74) is 1.31. The summed E-state index contributed by atoms with van der Waals surface area (Å²) in [6.45, 7) is 13.1. The van der Waals surface area contributed by atoms with Crippen molar-refractivity contribution in [1.82, 2.24) is 24.4 Å². The molecule has 8 nitrogen and oxygen atoms in total. The fourth-order valence-corrected chi connectivity index (χ4v) is 3.42. The van der Waals surface area contributed by atoms with Gasteiger partial charge in [0.1, 0.15) is 11.4 Å². The lowest BCUT2D eigenvalue weighted by atomic mass is 10.2. The SMILES string of the molecule is Cc1ncc(-c2ccnc(NC3CCN(C(=O)OC(C)(C)C)C3)n2)n1C(C)C. The second-order valence-electron chi connectivity index (χ2n) is 8.48. The van der Waals surface area contributed by atoms with Gasteiger partial charge in [-0.15, -0.1) is 0 Å². The molecule has 28 heavy (non-hydrogen) atoms. The molecule has 1 atom stereocenters. The van der Waals surface area contributed by atoms with Gasteiger partial charge in [-0.3, -0.25) is 0 Å². The monoisotopic (exact) mass is 386 g/mol. The summed E-state index contributed by atoms with van der Waals surface area (Å²) in [5.74, 6) is 1.52. The number of aromatic nitrogens is 4. The smallest absolute Gasteiger partial charge is 0.410 e. The van der Waals surface area contributed by atoms with E-state index in [1.165, 1.54) is 0 Å². The average molecular weight is 387 g/mol. The number of rotatable bonds is 4. The first kappa shape index (κ1) is 20.1. The normalized spacial score (nSPS) is 17.2. The van der Waals surface area contributed by atoms with E-state index in [1.807, 2.05) is 40.0 Å². The topological polar surface area (TPSA) is 85.2 Å². The number of amides is 1. The quantitative estimate of drug-likeness (QED) is 0.863. The highest BCUT2D eigenvalue weighted by Gasteiger charge is 2.30. The average Bonchev–Trinajstić information content (AvgIpc) is 3.20. The Morgan fingerprint density at radius 1 is 1.32 bits per heavy atom. The van der Waals surface area contributed by atoms with Crippen molar-refractivity contribution in [2.24, 2.45) is 0 Å². The summed E-state index contributed by atoms with van der Waals surface area (Å²) >= 11 is 0. The first-order valence-corrected chi connectivity index (χ1v) is 9.76. The maximum absolute atomic E-state index is 12.2. The standard InChI is InChI=1S/C20H30N6O2/c1-13(2)26-14(3)22-11-17(26)16-7-9-21-18(24-16)23-15-8-10-25(12-15)19(27)28-20(4,5)6/h7,9,11,13,15H,8,10,12H2,1-6H3,(H,21,23,24). The van der Waals surface area contributed by atoms with E-state index < -0.39 is 5.60 Å². The van der Waals surface area contributed by atoms with Crippen LogP contribution in [0, 0.1) is 6.92 Å². The molecule has 0 spiro atoms. The van der Waals surface area contributed by atoms with Crippen LogP contribution in [0.1, 0.15) is 52.9 Å². The van der Waals surface area contributed by atoms with Crippen LogP contribution in [-0.2, 0) is 4.74 Å². The van der Waals surface area contributed by atoms with Crippen molar-refractivity contribution >= 4 is 12.0 Å². The van der Waals surface area contributed by atoms with E-state index in [0.29, 0.717) is 25.1 Å². The Morgan fingerprint density at radius 3 is 2.75 bits per heavy atom. The molecule has 0 saturated carbocycles. The molecule has 152 valence electrons. The minimum atomic E-state index is -0.489. The van der Waals surface area contributed by atoms with E-state index in [2.05, 4.69) is 38.7 Å². The van der Waals surface area contributed by atoms with Crippen molar-refractivity contribution in [3.05, 3.63) is 24.3 Å². The van der Waals surface area contributed by atoms with Crippen molar-refractivity contribution in [1.29, 1.82) is 0 Å². The van der Waals surface area contributed by atoms with Gasteiger partial charge in [0, 0.05) is 31.4 Å². The molecule has 1 saturated heterocycles. The van der Waals surface area contributed by atoms with Crippen LogP contribution in [0.4, 0.5) is 10.7 Å². The van der Waals surface area contributed by atoms with E-state index in [-0.39, 0.29) is 12.1 Å². The summed E-state index contributed by atoms with van der Waals surface area (Å²) in [4.78, 5) is 27.4. The lowest BCUT2D eigenvalue weighted by Crippen LogP contribution is -2.36. The van der Waals surface area contributed by atoms with Gasteiger partial charge >= 0.3 is 6.09 Å². The molecule has 1 amide bonds. The number of nitrogens with zero attached hydrogens (tertiary/aromatic N) is 5. The van der Waals surface area contributed by atoms with Crippen LogP contribution in [0.25, 0.3) is 11.4 Å². The second kappa shape index (κ2) is 7.77. The Labute approximate surface area is 166 Å². The van der Waals surface area contributed by atoms with Crippen LogP contribution in [-0.4, -0.2) is 55.2 Å². The Kier molecular flexibility index (Phi) is 5.58. The van der Waals surface area contributed by atoms with Gasteiger partial charge in [0.15, 0.2) is 0 Å². The molecule has 0 radical (unpaired) electrons. The van der Waals surface area contributed by atoms with E-state index in [4.69, 9.17) is 4.74 Å². The molecule has 2 aromatic heterocycles. The summed E-state index contributed by atoms with van der Waals surface area (Å²) in [7, 11) is 0. The van der Waals surface area contributed by atoms with Crippen LogP contribution in [0.3, 0.4) is 0 Å². The third kappa shape index (κ3) is 4.61. The number of imidazole rings is 1. The second-order valence-corrected chi connectivity index (χ2v) is 8.48. The van der Waals surface area contributed by atoms with Gasteiger partial charge in [0.05, 0.1) is 17.6 Å². The molecule has 1 aliphatic heterocycles. The number of hydrogen-bond acceptors (Lipinski definition) is 6. The molecule has 1 N–H and O–H groups in total. The first-order valence-electron chi connectivity index (χ1n) is 9.76. The molecule has 3 rings (SSSR count). The Hall–Kier alpha value is -2.64. The molecule has 0 aromatic carbocycles. The van der Waals surface area contributed by atoms with Crippen molar-refractivity contribution in [2.75, 3.05) is 18.4 Å². The van der Waals surface area contributed by atoms with Crippen molar-refractivity contribution in [3.8, 4) is 11.4 Å². The van der Waals surface area contributed by atoms with Gasteiger partial charge in [-0.05, 0) is 54.0 Å². The third-order valence-corrected chi connectivity index (χ3v) is 4.59. The molecule has 0 bridgehead atoms. The lowest BCUT2D eigenvalue weighted by Gasteiger charge is -2.24. The summed E-state index contributed by atoms with van der Waals surface area (Å²) < 4.78 is 7.61. The van der Waals surface area contributed by atoms with Gasteiger partial charge in [0.2, 0.25) is 5.95 Å². The van der Waals surface area contributed by atoms with Gasteiger partial charge < -0.3 is 19.5 Å². The van der Waals surface area contributed by atoms with E-state index in [1.54, 1.807) is 11.1 Å². The summed E-state index contributed by atoms with van der Waals surface area (Å²) in [6.07, 6.45) is 4.15. The number of nitrogens with one attached hydrogen (secondary N) is 1. The van der Waals surface area contributed by atoms with Gasteiger partial charge in [-0.25, -0.2) is 19.7 Å². The van der Waals surface area contributed by atoms with Gasteiger partial charge in [0.25, 0.3) is 0 Å². The molecular weight excluding hydrogens is 356 g/mol. The maximum Gasteiger partial charge on any atom is 0.410 e. The van der Waals surface area contributed by atoms with Crippen molar-refractivity contribution in [3.63, 3.8) is 0 Å². The fraction of sp³-hybridized carbons (Fsp3) is 0.600. The number of carbonyl (C=O) groups is 1. The zero-order chi connectivity index (χ0) is 20.5. The highest BCUT2D eigenvalue weighted by molar-refractivity contribution is 5.68. The third-order valence-electron chi connectivity index (χ3n) is 4.59. The predicted octanol–water partition coefficient (Wildman–Crippen LogP) is 3.65. The van der Waals surface area contributed by atoms with Crippen molar-refractivity contribution in [2.45, 2.75) is 65.6 Å². The number of hydrogen-bond donors (Lipinski definition) is 1. The molecule has 2 aromatic rings.